The lowest BCUT2D eigenvalue weighted by Gasteiger charge is -2.25. The molecule has 1 saturated carbocycles. The first-order chi connectivity index (χ1) is 12.7. The van der Waals surface area contributed by atoms with Crippen LogP contribution >= 0.6 is 0 Å². The molecule has 2 heterocycles. The van der Waals surface area contributed by atoms with Gasteiger partial charge in [0, 0.05) is 37.6 Å². The Balaban J connectivity index is 1.25. The van der Waals surface area contributed by atoms with E-state index in [-0.39, 0.29) is 5.92 Å². The van der Waals surface area contributed by atoms with Gasteiger partial charge >= 0.3 is 0 Å². The van der Waals surface area contributed by atoms with Crippen molar-refractivity contribution in [1.29, 1.82) is 0 Å². The van der Waals surface area contributed by atoms with Crippen LogP contribution in [0.15, 0.2) is 40.9 Å². The highest BCUT2D eigenvalue weighted by Crippen LogP contribution is 2.59. The maximum atomic E-state index is 12.7. The molecule has 138 valence electrons. The molecule has 1 amide bonds. The predicted molar refractivity (Wildman–Crippen MR) is 101 cm³/mol. The van der Waals surface area contributed by atoms with E-state index in [0.717, 1.165) is 68.8 Å². The van der Waals surface area contributed by atoms with Gasteiger partial charge in [-0.2, -0.15) is 0 Å². The molecule has 1 aromatic carbocycles. The van der Waals surface area contributed by atoms with E-state index in [0.29, 0.717) is 11.3 Å². The van der Waals surface area contributed by atoms with Gasteiger partial charge in [0.2, 0.25) is 5.91 Å². The van der Waals surface area contributed by atoms with Crippen LogP contribution in [0.3, 0.4) is 0 Å². The van der Waals surface area contributed by atoms with E-state index in [9.17, 15) is 4.79 Å². The lowest BCUT2D eigenvalue weighted by Crippen LogP contribution is -2.35. The Morgan fingerprint density at radius 1 is 1.31 bits per heavy atom. The minimum atomic E-state index is 0.254. The molecule has 5 heteroatoms. The average molecular weight is 353 g/mol. The van der Waals surface area contributed by atoms with E-state index in [1.54, 1.807) is 0 Å². The predicted octanol–water partition coefficient (Wildman–Crippen LogP) is 3.12. The van der Waals surface area contributed by atoms with Crippen molar-refractivity contribution in [2.75, 3.05) is 26.7 Å². The number of carbonyl (C=O) groups excluding carboxylic acids is 1. The Hall–Kier alpha value is -2.14. The van der Waals surface area contributed by atoms with Crippen LogP contribution in [0.2, 0.25) is 0 Å². The molecule has 1 aliphatic heterocycles. The van der Waals surface area contributed by atoms with Gasteiger partial charge in [0.25, 0.3) is 0 Å². The zero-order chi connectivity index (χ0) is 18.0. The number of carbonyl (C=O) groups is 1. The summed E-state index contributed by atoms with van der Waals surface area (Å²) in [5.74, 6) is 1.46. The van der Waals surface area contributed by atoms with Gasteiger partial charge in [0.05, 0.1) is 0 Å². The Kier molecular flexibility index (Phi) is 4.81. The number of benzene rings is 1. The number of aromatic nitrogens is 1. The number of aryl methyl sites for hydroxylation is 1. The van der Waals surface area contributed by atoms with Crippen LogP contribution < -0.4 is 5.32 Å². The topological polar surface area (TPSA) is 58.4 Å². The van der Waals surface area contributed by atoms with Crippen molar-refractivity contribution in [2.24, 2.45) is 11.3 Å². The van der Waals surface area contributed by atoms with E-state index in [4.69, 9.17) is 4.52 Å². The highest BCUT2D eigenvalue weighted by Gasteiger charge is 2.58. The molecule has 1 spiro atoms. The summed E-state index contributed by atoms with van der Waals surface area (Å²) >= 11 is 0. The van der Waals surface area contributed by atoms with E-state index in [2.05, 4.69) is 10.5 Å². The molecular weight excluding hydrogens is 326 g/mol. The fourth-order valence-corrected chi connectivity index (χ4v) is 4.22. The summed E-state index contributed by atoms with van der Waals surface area (Å²) in [7, 11) is 1.94. The maximum absolute atomic E-state index is 12.7. The maximum Gasteiger partial charge on any atom is 0.226 e. The van der Waals surface area contributed by atoms with Gasteiger partial charge < -0.3 is 14.7 Å². The van der Waals surface area contributed by atoms with Crippen molar-refractivity contribution >= 4 is 5.91 Å². The van der Waals surface area contributed by atoms with Crippen molar-refractivity contribution in [3.05, 3.63) is 42.2 Å². The molecule has 0 radical (unpaired) electrons. The first-order valence-corrected chi connectivity index (χ1v) is 9.65. The Labute approximate surface area is 154 Å². The summed E-state index contributed by atoms with van der Waals surface area (Å²) in [6, 6.07) is 12.0. The first kappa shape index (κ1) is 17.3. The van der Waals surface area contributed by atoms with Crippen LogP contribution in [0, 0.1) is 11.3 Å². The normalized spacial score (nSPS) is 20.9. The van der Waals surface area contributed by atoms with Gasteiger partial charge in [-0.15, -0.1) is 0 Å². The average Bonchev–Trinajstić information content (AvgIpc) is 3.14. The lowest BCUT2D eigenvalue weighted by molar-refractivity contribution is -0.132. The smallest absolute Gasteiger partial charge is 0.226 e. The summed E-state index contributed by atoms with van der Waals surface area (Å²) in [4.78, 5) is 14.6. The second-order valence-corrected chi connectivity index (χ2v) is 7.78. The fourth-order valence-electron chi connectivity index (χ4n) is 4.22. The van der Waals surface area contributed by atoms with Crippen LogP contribution in [0.1, 0.15) is 31.4 Å². The summed E-state index contributed by atoms with van der Waals surface area (Å²) in [5.41, 5.74) is 2.25. The van der Waals surface area contributed by atoms with Gasteiger partial charge in [-0.3, -0.25) is 4.79 Å². The molecule has 1 unspecified atom stereocenters. The molecule has 1 aromatic heterocycles. The molecule has 2 fully saturated rings. The Morgan fingerprint density at radius 2 is 2.08 bits per heavy atom. The zero-order valence-corrected chi connectivity index (χ0v) is 15.4. The molecule has 2 aromatic rings. The van der Waals surface area contributed by atoms with Crippen LogP contribution in [0.4, 0.5) is 0 Å². The highest BCUT2D eigenvalue weighted by molar-refractivity contribution is 5.82. The molecule has 5 nitrogen and oxygen atoms in total. The molecule has 0 bridgehead atoms. The first-order valence-electron chi connectivity index (χ1n) is 9.65. The number of piperidine rings is 1. The van der Waals surface area contributed by atoms with Crippen molar-refractivity contribution in [3.63, 3.8) is 0 Å². The van der Waals surface area contributed by atoms with Crippen LogP contribution in [0.25, 0.3) is 11.3 Å². The molecule has 1 N–H and O–H groups in total. The number of rotatable bonds is 6. The minimum Gasteiger partial charge on any atom is -0.361 e. The van der Waals surface area contributed by atoms with Gasteiger partial charge in [-0.05, 0) is 44.2 Å². The molecule has 2 aliphatic rings. The third-order valence-corrected chi connectivity index (χ3v) is 6.01. The Morgan fingerprint density at radius 3 is 2.85 bits per heavy atom. The van der Waals surface area contributed by atoms with Gasteiger partial charge in [0.1, 0.15) is 11.5 Å². The van der Waals surface area contributed by atoms with Crippen molar-refractivity contribution < 1.29 is 9.32 Å². The van der Waals surface area contributed by atoms with E-state index >= 15 is 0 Å². The largest absolute Gasteiger partial charge is 0.361 e. The van der Waals surface area contributed by atoms with Gasteiger partial charge in [-0.1, -0.05) is 35.5 Å². The SMILES string of the molecule is CN(CCCc1cc(-c2ccccc2)no1)C(=O)C1CC12CCNCC2. The number of hydrogen-bond acceptors (Lipinski definition) is 4. The standard InChI is InChI=1S/C21H27N3O2/c1-24(20(25)18-15-21(18)9-11-22-12-10-21)13-5-8-17-14-19(23-26-17)16-6-3-2-4-7-16/h2-4,6-7,14,18,22H,5,8-13,15H2,1H3. The summed E-state index contributed by atoms with van der Waals surface area (Å²) in [6.07, 6.45) is 5.08. The molecule has 26 heavy (non-hydrogen) atoms. The zero-order valence-electron chi connectivity index (χ0n) is 15.4. The van der Waals surface area contributed by atoms with Crippen LogP contribution in [-0.4, -0.2) is 42.6 Å². The Bertz CT molecular complexity index is 750. The lowest BCUT2D eigenvalue weighted by atomic mass is 9.91. The number of nitrogens with zero attached hydrogens (tertiary/aromatic N) is 2. The molecule has 4 rings (SSSR count). The van der Waals surface area contributed by atoms with E-state index in [1.807, 2.05) is 48.3 Å². The number of amides is 1. The van der Waals surface area contributed by atoms with Gasteiger partial charge in [0.15, 0.2) is 0 Å². The minimum absolute atomic E-state index is 0.254. The monoisotopic (exact) mass is 353 g/mol. The number of nitrogens with one attached hydrogen (secondary N) is 1. The third kappa shape index (κ3) is 3.54. The molecule has 1 saturated heterocycles. The van der Waals surface area contributed by atoms with E-state index in [1.165, 1.54) is 0 Å². The highest BCUT2D eigenvalue weighted by atomic mass is 16.5. The third-order valence-electron chi connectivity index (χ3n) is 6.01. The quantitative estimate of drug-likeness (QED) is 0.867. The van der Waals surface area contributed by atoms with Crippen molar-refractivity contribution in [1.82, 2.24) is 15.4 Å². The molecular formula is C21H27N3O2. The summed E-state index contributed by atoms with van der Waals surface area (Å²) in [5, 5.41) is 7.55. The summed E-state index contributed by atoms with van der Waals surface area (Å²) < 4.78 is 5.45. The van der Waals surface area contributed by atoms with Gasteiger partial charge in [-0.25, -0.2) is 0 Å². The number of hydrogen-bond donors (Lipinski definition) is 1. The summed E-state index contributed by atoms with van der Waals surface area (Å²) in [6.45, 7) is 2.89. The molecule has 1 aliphatic carbocycles. The van der Waals surface area contributed by atoms with Crippen molar-refractivity contribution in [2.45, 2.75) is 32.1 Å². The van der Waals surface area contributed by atoms with E-state index < -0.39 is 0 Å². The molecule has 1 atom stereocenters. The fraction of sp³-hybridized carbons (Fsp3) is 0.524. The second kappa shape index (κ2) is 7.23. The van der Waals surface area contributed by atoms with Crippen molar-refractivity contribution in [3.8, 4) is 11.3 Å². The van der Waals surface area contributed by atoms with Crippen LogP contribution in [0.5, 0.6) is 0 Å². The second-order valence-electron chi connectivity index (χ2n) is 7.78. The van der Waals surface area contributed by atoms with Crippen LogP contribution in [-0.2, 0) is 11.2 Å².